The van der Waals surface area contributed by atoms with E-state index >= 15 is 0 Å². The van der Waals surface area contributed by atoms with Gasteiger partial charge in [0.05, 0.1) is 22.9 Å². The molecule has 0 aliphatic rings. The van der Waals surface area contributed by atoms with Crippen LogP contribution in [0.2, 0.25) is 0 Å². The third-order valence-electron chi connectivity index (χ3n) is 4.63. The number of non-ortho nitro benzene ring substituents is 1. The Bertz CT molecular complexity index is 992. The number of nitro benzene ring substituents is 1. The first kappa shape index (κ1) is 22.4. The number of benzene rings is 2. The monoisotopic (exact) mass is 419 g/mol. The van der Waals surface area contributed by atoms with Crippen molar-refractivity contribution in [2.45, 2.75) is 39.3 Å². The van der Waals surface area contributed by atoms with Crippen LogP contribution >= 0.6 is 0 Å². The molecule has 2 aromatic carbocycles. The first-order valence-corrected chi connectivity index (χ1v) is 11.0. The molecule has 29 heavy (non-hydrogen) atoms. The van der Waals surface area contributed by atoms with Crippen LogP contribution in [0.15, 0.2) is 48.5 Å². The van der Waals surface area contributed by atoms with Crippen LogP contribution in [0.5, 0.6) is 0 Å². The van der Waals surface area contributed by atoms with Gasteiger partial charge in [-0.15, -0.1) is 0 Å². The molecular formula is C20H25N3O5S. The van der Waals surface area contributed by atoms with Crippen LogP contribution < -0.4 is 9.62 Å². The maximum atomic E-state index is 13.0. The normalized spacial score (nSPS) is 13.4. The number of nitrogens with zero attached hydrogens (tertiary/aromatic N) is 2. The van der Waals surface area contributed by atoms with E-state index in [1.165, 1.54) is 18.2 Å². The Morgan fingerprint density at radius 2 is 1.83 bits per heavy atom. The molecule has 0 spiro atoms. The molecule has 0 bridgehead atoms. The zero-order valence-electron chi connectivity index (χ0n) is 16.8. The van der Waals surface area contributed by atoms with E-state index in [4.69, 9.17) is 0 Å². The number of rotatable bonds is 8. The number of nitrogens with one attached hydrogen (secondary N) is 1. The molecule has 156 valence electrons. The fourth-order valence-electron chi connectivity index (χ4n) is 3.12. The summed E-state index contributed by atoms with van der Waals surface area (Å²) in [7, 11) is -3.89. The lowest BCUT2D eigenvalue weighted by Gasteiger charge is -2.32. The Hall–Kier alpha value is -2.94. The first-order valence-electron chi connectivity index (χ1n) is 9.16. The molecule has 0 aromatic heterocycles. The van der Waals surface area contributed by atoms with Crippen LogP contribution in [0.4, 0.5) is 11.4 Å². The van der Waals surface area contributed by atoms with Gasteiger partial charge in [-0.1, -0.05) is 43.3 Å². The molecule has 0 fully saturated rings. The average Bonchev–Trinajstić information content (AvgIpc) is 2.66. The van der Waals surface area contributed by atoms with E-state index < -0.39 is 26.9 Å². The first-order chi connectivity index (χ1) is 13.6. The van der Waals surface area contributed by atoms with Crippen molar-refractivity contribution < 1.29 is 18.1 Å². The molecule has 0 saturated carbocycles. The number of anilines is 1. The summed E-state index contributed by atoms with van der Waals surface area (Å²) >= 11 is 0. The minimum Gasteiger partial charge on any atom is -0.348 e. The van der Waals surface area contributed by atoms with Crippen molar-refractivity contribution in [2.75, 3.05) is 10.6 Å². The molecule has 0 radical (unpaired) electrons. The second kappa shape index (κ2) is 9.04. The third-order valence-corrected chi connectivity index (χ3v) is 5.79. The highest BCUT2D eigenvalue weighted by Gasteiger charge is 2.33. The molecule has 0 aliphatic heterocycles. The predicted octanol–water partition coefficient (Wildman–Crippen LogP) is 3.33. The van der Waals surface area contributed by atoms with Gasteiger partial charge in [-0.2, -0.15) is 0 Å². The minimum atomic E-state index is -3.89. The predicted molar refractivity (Wildman–Crippen MR) is 112 cm³/mol. The average molecular weight is 420 g/mol. The van der Waals surface area contributed by atoms with Gasteiger partial charge in [0.1, 0.15) is 6.04 Å². The van der Waals surface area contributed by atoms with Crippen molar-refractivity contribution >= 4 is 27.3 Å². The van der Waals surface area contributed by atoms with Gasteiger partial charge in [-0.3, -0.25) is 19.2 Å². The van der Waals surface area contributed by atoms with Crippen molar-refractivity contribution in [1.29, 1.82) is 0 Å². The summed E-state index contributed by atoms with van der Waals surface area (Å²) in [5, 5.41) is 14.0. The van der Waals surface area contributed by atoms with E-state index in [9.17, 15) is 23.3 Å². The number of hydrogen-bond acceptors (Lipinski definition) is 5. The molecule has 0 unspecified atom stereocenters. The molecule has 1 N–H and O–H groups in total. The maximum Gasteiger partial charge on any atom is 0.271 e. The molecule has 8 nitrogen and oxygen atoms in total. The second-order valence-electron chi connectivity index (χ2n) is 6.85. The number of amides is 1. The molecular weight excluding hydrogens is 394 g/mol. The van der Waals surface area contributed by atoms with Crippen molar-refractivity contribution in [3.63, 3.8) is 0 Å². The molecule has 2 aromatic rings. The van der Waals surface area contributed by atoms with Crippen LogP contribution in [-0.4, -0.2) is 31.5 Å². The standard InChI is InChI=1S/C20H25N3O5S/c1-5-18(20(24)21-15(3)16-9-7-6-8-10-16)22(29(4,27)28)19-13-17(23(25)26)12-11-14(19)2/h6-13,15,18H,5H2,1-4H3,(H,21,24)/t15-,18-/m1/s1. The largest absolute Gasteiger partial charge is 0.348 e. The summed E-state index contributed by atoms with van der Waals surface area (Å²) in [6, 6.07) is 11.9. The topological polar surface area (TPSA) is 110 Å². The Morgan fingerprint density at radius 3 is 2.34 bits per heavy atom. The minimum absolute atomic E-state index is 0.121. The number of carbonyl (C=O) groups is 1. The highest BCUT2D eigenvalue weighted by Crippen LogP contribution is 2.30. The van der Waals surface area contributed by atoms with E-state index in [0.717, 1.165) is 16.1 Å². The van der Waals surface area contributed by atoms with Crippen LogP contribution in [0, 0.1) is 17.0 Å². The third kappa shape index (κ3) is 5.32. The lowest BCUT2D eigenvalue weighted by atomic mass is 10.1. The smallest absolute Gasteiger partial charge is 0.271 e. The lowest BCUT2D eigenvalue weighted by molar-refractivity contribution is -0.384. The van der Waals surface area contributed by atoms with Crippen molar-refractivity contribution in [3.05, 3.63) is 69.8 Å². The van der Waals surface area contributed by atoms with Gasteiger partial charge in [0.25, 0.3) is 5.69 Å². The van der Waals surface area contributed by atoms with Crippen molar-refractivity contribution in [3.8, 4) is 0 Å². The summed E-state index contributed by atoms with van der Waals surface area (Å²) in [6.07, 6.45) is 1.18. The van der Waals surface area contributed by atoms with Crippen LogP contribution in [0.1, 0.15) is 37.4 Å². The summed E-state index contributed by atoms with van der Waals surface area (Å²) in [4.78, 5) is 23.6. The Labute approximate surface area is 170 Å². The fourth-order valence-corrected chi connectivity index (χ4v) is 4.38. The molecule has 0 saturated heterocycles. The van der Waals surface area contributed by atoms with E-state index in [1.807, 2.05) is 37.3 Å². The fraction of sp³-hybridized carbons (Fsp3) is 0.350. The Morgan fingerprint density at radius 1 is 1.21 bits per heavy atom. The van der Waals surface area contributed by atoms with Gasteiger partial charge in [-0.05, 0) is 31.4 Å². The molecule has 1 amide bonds. The van der Waals surface area contributed by atoms with Gasteiger partial charge in [0.15, 0.2) is 0 Å². The quantitative estimate of drug-likeness (QED) is 0.521. The van der Waals surface area contributed by atoms with Gasteiger partial charge in [0, 0.05) is 12.1 Å². The molecule has 2 rings (SSSR count). The summed E-state index contributed by atoms with van der Waals surface area (Å²) in [5.74, 6) is -0.472. The van der Waals surface area contributed by atoms with Crippen LogP contribution in [0.25, 0.3) is 0 Å². The highest BCUT2D eigenvalue weighted by molar-refractivity contribution is 7.92. The SMILES string of the molecule is CC[C@H](C(=O)N[C@H](C)c1ccccc1)N(c1cc([N+](=O)[O-])ccc1C)S(C)(=O)=O. The highest BCUT2D eigenvalue weighted by atomic mass is 32.2. The number of hydrogen-bond donors (Lipinski definition) is 1. The maximum absolute atomic E-state index is 13.0. The number of nitro groups is 1. The number of sulfonamides is 1. The van der Waals surface area contributed by atoms with E-state index in [-0.39, 0.29) is 23.8 Å². The lowest BCUT2D eigenvalue weighted by Crippen LogP contribution is -2.50. The van der Waals surface area contributed by atoms with Gasteiger partial charge in [-0.25, -0.2) is 8.42 Å². The van der Waals surface area contributed by atoms with Gasteiger partial charge in [0.2, 0.25) is 15.9 Å². The second-order valence-corrected chi connectivity index (χ2v) is 8.71. The molecule has 0 aliphatic carbocycles. The summed E-state index contributed by atoms with van der Waals surface area (Å²) < 4.78 is 26.2. The summed E-state index contributed by atoms with van der Waals surface area (Å²) in [5.41, 5.74) is 1.28. The molecule has 0 heterocycles. The van der Waals surface area contributed by atoms with E-state index in [0.29, 0.717) is 5.56 Å². The van der Waals surface area contributed by atoms with Crippen molar-refractivity contribution in [2.24, 2.45) is 0 Å². The summed E-state index contributed by atoms with van der Waals surface area (Å²) in [6.45, 7) is 5.15. The zero-order chi connectivity index (χ0) is 21.8. The van der Waals surface area contributed by atoms with E-state index in [1.54, 1.807) is 13.8 Å². The Kier molecular flexibility index (Phi) is 6.97. The molecule has 9 heteroatoms. The van der Waals surface area contributed by atoms with Gasteiger partial charge < -0.3 is 5.32 Å². The number of carbonyl (C=O) groups excluding carboxylic acids is 1. The van der Waals surface area contributed by atoms with Crippen LogP contribution in [-0.2, 0) is 14.8 Å². The number of aryl methyl sites for hydroxylation is 1. The van der Waals surface area contributed by atoms with E-state index in [2.05, 4.69) is 5.32 Å². The van der Waals surface area contributed by atoms with Crippen molar-refractivity contribution in [1.82, 2.24) is 5.32 Å². The Balaban J connectivity index is 2.44. The van der Waals surface area contributed by atoms with Crippen LogP contribution in [0.3, 0.4) is 0 Å². The van der Waals surface area contributed by atoms with Gasteiger partial charge >= 0.3 is 0 Å². The zero-order valence-corrected chi connectivity index (χ0v) is 17.6. The molecule has 2 atom stereocenters.